The molecule has 1 aliphatic carbocycles. The van der Waals surface area contributed by atoms with Crippen molar-refractivity contribution < 1.29 is 0 Å². The van der Waals surface area contributed by atoms with Gasteiger partial charge in [-0.25, -0.2) is 0 Å². The van der Waals surface area contributed by atoms with E-state index in [9.17, 15) is 0 Å². The second kappa shape index (κ2) is 3.56. The minimum absolute atomic E-state index is 0.149. The van der Waals surface area contributed by atoms with E-state index >= 15 is 0 Å². The van der Waals surface area contributed by atoms with E-state index in [0.29, 0.717) is 0 Å². The van der Waals surface area contributed by atoms with Crippen molar-refractivity contribution in [3.05, 3.63) is 11.1 Å². The van der Waals surface area contributed by atoms with Crippen molar-refractivity contribution >= 4 is 69.6 Å². The Hall–Kier alpha value is 1.48. The lowest BCUT2D eigenvalue weighted by atomic mass is 10.1. The van der Waals surface area contributed by atoms with Gasteiger partial charge in [0.15, 0.2) is 0 Å². The normalized spacial score (nSPS) is 32.8. The lowest BCUT2D eigenvalue weighted by Crippen LogP contribution is -2.37. The highest BCUT2D eigenvalue weighted by atomic mass is 35.5. The first-order chi connectivity index (χ1) is 5.25. The van der Waals surface area contributed by atoms with Crippen LogP contribution in [0.2, 0.25) is 0 Å². The molecule has 0 aromatic heterocycles. The largest absolute Gasteiger partial charge is 0.142 e. The van der Waals surface area contributed by atoms with Crippen LogP contribution in [0.4, 0.5) is 0 Å². The van der Waals surface area contributed by atoms with E-state index in [1.807, 2.05) is 0 Å². The Kier molecular flexibility index (Phi) is 3.43. The molecular formula is C6H4Cl6. The van der Waals surface area contributed by atoms with E-state index < -0.39 is 14.0 Å². The zero-order valence-corrected chi connectivity index (χ0v) is 10.2. The Morgan fingerprint density at radius 1 is 1.25 bits per heavy atom. The van der Waals surface area contributed by atoms with Crippen LogP contribution in [0.15, 0.2) is 11.1 Å². The molecule has 1 aliphatic rings. The summed E-state index contributed by atoms with van der Waals surface area (Å²) in [6, 6.07) is 0. The van der Waals surface area contributed by atoms with Gasteiger partial charge in [-0.1, -0.05) is 58.0 Å². The minimum Gasteiger partial charge on any atom is -0.114 e. The van der Waals surface area contributed by atoms with Gasteiger partial charge in [0.25, 0.3) is 0 Å². The second-order valence-electron chi connectivity index (χ2n) is 2.59. The zero-order valence-electron chi connectivity index (χ0n) is 5.63. The molecule has 0 saturated heterocycles. The van der Waals surface area contributed by atoms with Crippen molar-refractivity contribution in [1.29, 1.82) is 0 Å². The monoisotopic (exact) mass is 286 g/mol. The summed E-state index contributed by atoms with van der Waals surface area (Å²) in [5.41, 5.74) is 0. The Labute approximate surface area is 101 Å². The van der Waals surface area contributed by atoms with Crippen LogP contribution in [0.3, 0.4) is 0 Å². The molecule has 70 valence electrons. The molecule has 0 bridgehead atoms. The molecule has 1 unspecified atom stereocenters. The summed E-state index contributed by atoms with van der Waals surface area (Å²) in [4.78, 5) is 0. The van der Waals surface area contributed by atoms with Gasteiger partial charge in [-0.3, -0.25) is 0 Å². The van der Waals surface area contributed by atoms with Gasteiger partial charge in [-0.2, -0.15) is 0 Å². The number of rotatable bonds is 0. The van der Waals surface area contributed by atoms with Crippen LogP contribution in [0, 0.1) is 0 Å². The highest BCUT2D eigenvalue weighted by Gasteiger charge is 2.46. The van der Waals surface area contributed by atoms with Crippen molar-refractivity contribution in [2.24, 2.45) is 0 Å². The molecule has 0 amide bonds. The van der Waals surface area contributed by atoms with Crippen LogP contribution in [-0.2, 0) is 0 Å². The lowest BCUT2D eigenvalue weighted by Gasteiger charge is -2.34. The van der Waals surface area contributed by atoms with Crippen molar-refractivity contribution in [2.45, 2.75) is 20.5 Å². The third-order valence-corrected chi connectivity index (χ3v) is 3.89. The fourth-order valence-corrected chi connectivity index (χ4v) is 3.25. The first kappa shape index (κ1) is 11.6. The third-order valence-electron chi connectivity index (χ3n) is 1.43. The Bertz CT molecular complexity index is 218. The summed E-state index contributed by atoms with van der Waals surface area (Å²) in [5, 5.41) is -0.383. The van der Waals surface area contributed by atoms with Crippen LogP contribution in [0.25, 0.3) is 0 Å². The number of alkyl halides is 5. The maximum absolute atomic E-state index is 5.84. The Morgan fingerprint density at radius 3 is 2.17 bits per heavy atom. The molecule has 1 atom stereocenters. The SMILES string of the molecule is ClC1=CC(Cl)(Cl)CC(Cl)(Cl)C1Cl. The van der Waals surface area contributed by atoms with E-state index in [2.05, 4.69) is 0 Å². The van der Waals surface area contributed by atoms with Gasteiger partial charge < -0.3 is 0 Å². The molecule has 1 rings (SSSR count). The molecule has 0 aliphatic heterocycles. The molecule has 0 nitrogen and oxygen atoms in total. The topological polar surface area (TPSA) is 0 Å². The molecule has 0 aromatic carbocycles. The van der Waals surface area contributed by atoms with Gasteiger partial charge >= 0.3 is 0 Å². The predicted molar refractivity (Wildman–Crippen MR) is 57.1 cm³/mol. The fourth-order valence-electron chi connectivity index (χ4n) is 0.932. The van der Waals surface area contributed by atoms with Gasteiger partial charge in [-0.05, 0) is 6.08 Å². The van der Waals surface area contributed by atoms with Crippen LogP contribution < -0.4 is 0 Å². The summed E-state index contributed by atoms with van der Waals surface area (Å²) in [6.07, 6.45) is 1.59. The summed E-state index contributed by atoms with van der Waals surface area (Å²) in [5.74, 6) is 0. The van der Waals surface area contributed by atoms with Crippen molar-refractivity contribution in [3.63, 3.8) is 0 Å². The molecule has 0 aromatic rings. The van der Waals surface area contributed by atoms with E-state index in [1.54, 1.807) is 0 Å². The van der Waals surface area contributed by atoms with Gasteiger partial charge in [0.1, 0.15) is 14.0 Å². The minimum atomic E-state index is -1.21. The third kappa shape index (κ3) is 2.50. The summed E-state index contributed by atoms with van der Waals surface area (Å²) >= 11 is 34.8. The van der Waals surface area contributed by atoms with Gasteiger partial charge in [-0.15, -0.1) is 11.6 Å². The molecule has 12 heavy (non-hydrogen) atoms. The number of halogens is 6. The summed E-state index contributed by atoms with van der Waals surface area (Å²) in [6.45, 7) is 0. The van der Waals surface area contributed by atoms with E-state index in [1.165, 1.54) is 6.08 Å². The molecule has 0 fully saturated rings. The molecule has 6 heteroatoms. The molecule has 0 saturated carbocycles. The predicted octanol–water partition coefficient (Wildman–Crippen LogP) is 4.47. The van der Waals surface area contributed by atoms with Crippen molar-refractivity contribution in [2.75, 3.05) is 0 Å². The second-order valence-corrected chi connectivity index (χ2v) is 6.55. The van der Waals surface area contributed by atoms with E-state index in [4.69, 9.17) is 69.6 Å². The average molecular weight is 289 g/mol. The Morgan fingerprint density at radius 2 is 1.75 bits per heavy atom. The molecule has 0 N–H and O–H groups in total. The standard InChI is InChI=1S/C6H4Cl6/c7-3-1-5(9,10)2-6(11,12)4(3)8/h1,4H,2H2. The molecule has 0 heterocycles. The zero-order chi connectivity index (χ0) is 9.57. The Balaban J connectivity index is 3.00. The van der Waals surface area contributed by atoms with Crippen LogP contribution in [0.1, 0.15) is 6.42 Å². The lowest BCUT2D eigenvalue weighted by molar-refractivity contribution is 0.655. The average Bonchev–Trinajstić information content (AvgIpc) is 1.79. The van der Waals surface area contributed by atoms with Crippen LogP contribution in [0.5, 0.6) is 0 Å². The number of hydrogen-bond acceptors (Lipinski definition) is 0. The van der Waals surface area contributed by atoms with Crippen molar-refractivity contribution in [1.82, 2.24) is 0 Å². The highest BCUT2D eigenvalue weighted by Crippen LogP contribution is 2.49. The maximum atomic E-state index is 5.84. The first-order valence-electron chi connectivity index (χ1n) is 3.02. The van der Waals surface area contributed by atoms with Gasteiger partial charge in [0.05, 0.1) is 0 Å². The number of allylic oxidation sites excluding steroid dienone is 2. The van der Waals surface area contributed by atoms with E-state index in [-0.39, 0.29) is 11.5 Å². The van der Waals surface area contributed by atoms with Gasteiger partial charge in [0.2, 0.25) is 0 Å². The van der Waals surface area contributed by atoms with Gasteiger partial charge in [0, 0.05) is 11.5 Å². The molecular weight excluding hydrogens is 285 g/mol. The highest BCUT2D eigenvalue weighted by molar-refractivity contribution is 6.58. The summed E-state index contributed by atoms with van der Waals surface area (Å²) in [7, 11) is 0. The van der Waals surface area contributed by atoms with Crippen LogP contribution >= 0.6 is 69.6 Å². The number of hydrogen-bond donors (Lipinski definition) is 0. The smallest absolute Gasteiger partial charge is 0.114 e. The summed E-state index contributed by atoms with van der Waals surface area (Å²) < 4.78 is -2.34. The first-order valence-corrected chi connectivity index (χ1v) is 5.35. The van der Waals surface area contributed by atoms with Crippen molar-refractivity contribution in [3.8, 4) is 0 Å². The molecule has 0 spiro atoms. The van der Waals surface area contributed by atoms with Crippen LogP contribution in [-0.4, -0.2) is 14.0 Å². The van der Waals surface area contributed by atoms with E-state index in [0.717, 1.165) is 0 Å². The quantitative estimate of drug-likeness (QED) is 0.577. The fraction of sp³-hybridized carbons (Fsp3) is 0.667. The molecule has 0 radical (unpaired) electrons. The maximum Gasteiger partial charge on any atom is 0.142 e.